The summed E-state index contributed by atoms with van der Waals surface area (Å²) in [6.07, 6.45) is 2.40. The number of ether oxygens (including phenoxy) is 2. The van der Waals surface area contributed by atoms with Gasteiger partial charge >= 0.3 is 0 Å². The minimum Gasteiger partial charge on any atom is -0.485 e. The van der Waals surface area contributed by atoms with Crippen molar-refractivity contribution in [1.29, 1.82) is 0 Å². The van der Waals surface area contributed by atoms with Crippen LogP contribution in [0, 0.1) is 0 Å². The lowest BCUT2D eigenvalue weighted by Crippen LogP contribution is -2.42. The Morgan fingerprint density at radius 3 is 2.86 bits per heavy atom. The van der Waals surface area contributed by atoms with Crippen molar-refractivity contribution in [2.45, 2.75) is 6.10 Å². The molecule has 6 heteroatoms. The molecular formula is C15H13N3O3. The van der Waals surface area contributed by atoms with Gasteiger partial charge < -0.3 is 9.47 Å². The normalized spacial score (nSPS) is 16.7. The second-order valence-corrected chi connectivity index (χ2v) is 4.35. The van der Waals surface area contributed by atoms with Crippen LogP contribution in [0.5, 0.6) is 11.5 Å². The van der Waals surface area contributed by atoms with Gasteiger partial charge in [0.15, 0.2) is 11.5 Å². The Hall–Kier alpha value is -2.89. The summed E-state index contributed by atoms with van der Waals surface area (Å²) in [6, 6.07) is 12.6. The Labute approximate surface area is 121 Å². The van der Waals surface area contributed by atoms with Crippen LogP contribution < -0.4 is 14.9 Å². The van der Waals surface area contributed by atoms with Crippen molar-refractivity contribution in [3.8, 4) is 11.5 Å². The van der Waals surface area contributed by atoms with Gasteiger partial charge in [0.2, 0.25) is 6.10 Å². The summed E-state index contributed by atoms with van der Waals surface area (Å²) in [4.78, 5) is 16.0. The first-order valence-corrected chi connectivity index (χ1v) is 6.45. The van der Waals surface area contributed by atoms with Crippen LogP contribution in [0.15, 0.2) is 53.8 Å². The van der Waals surface area contributed by atoms with Gasteiger partial charge in [-0.05, 0) is 24.3 Å². The maximum absolute atomic E-state index is 11.9. The molecule has 0 saturated heterocycles. The Morgan fingerprint density at radius 2 is 2.05 bits per heavy atom. The van der Waals surface area contributed by atoms with Crippen LogP contribution in [-0.2, 0) is 4.79 Å². The van der Waals surface area contributed by atoms with Gasteiger partial charge in [-0.25, -0.2) is 5.43 Å². The van der Waals surface area contributed by atoms with Crippen LogP contribution in [0.25, 0.3) is 0 Å². The summed E-state index contributed by atoms with van der Waals surface area (Å²) in [5.74, 6) is 0.827. The predicted molar refractivity (Wildman–Crippen MR) is 76.3 cm³/mol. The van der Waals surface area contributed by atoms with E-state index in [2.05, 4.69) is 15.5 Å². The van der Waals surface area contributed by atoms with Gasteiger partial charge in [-0.2, -0.15) is 5.10 Å². The Morgan fingerprint density at radius 1 is 1.24 bits per heavy atom. The highest BCUT2D eigenvalue weighted by molar-refractivity contribution is 5.84. The van der Waals surface area contributed by atoms with Gasteiger partial charge in [0.1, 0.15) is 6.61 Å². The van der Waals surface area contributed by atoms with Gasteiger partial charge in [-0.3, -0.25) is 9.78 Å². The van der Waals surface area contributed by atoms with E-state index in [0.717, 1.165) is 0 Å². The SMILES string of the molecule is O=C(N/N=C\c1ccccn1)C1COc2ccccc2O1. The van der Waals surface area contributed by atoms with Crippen molar-refractivity contribution in [3.63, 3.8) is 0 Å². The molecule has 106 valence electrons. The third-order valence-corrected chi connectivity index (χ3v) is 2.86. The minimum atomic E-state index is -0.721. The summed E-state index contributed by atoms with van der Waals surface area (Å²) >= 11 is 0. The molecule has 2 aromatic rings. The standard InChI is InChI=1S/C15H13N3O3/c19-15(18-17-9-11-5-3-4-8-16-11)14-10-20-12-6-1-2-7-13(12)21-14/h1-9,14H,10H2,(H,18,19)/b17-9-. The lowest BCUT2D eigenvalue weighted by Gasteiger charge is -2.24. The van der Waals surface area contributed by atoms with Gasteiger partial charge in [-0.15, -0.1) is 0 Å². The largest absolute Gasteiger partial charge is 0.485 e. The molecule has 1 aliphatic heterocycles. The average molecular weight is 283 g/mol. The molecule has 3 rings (SSSR count). The first-order chi connectivity index (χ1) is 10.3. The summed E-state index contributed by atoms with van der Waals surface area (Å²) in [5, 5.41) is 3.85. The first-order valence-electron chi connectivity index (χ1n) is 6.45. The van der Waals surface area contributed by atoms with Crippen molar-refractivity contribution in [2.24, 2.45) is 5.10 Å². The molecule has 6 nitrogen and oxygen atoms in total. The summed E-state index contributed by atoms with van der Waals surface area (Å²) in [6.45, 7) is 0.155. The molecule has 0 radical (unpaired) electrons. The molecule has 1 aliphatic rings. The fraction of sp³-hybridized carbons (Fsp3) is 0.133. The molecule has 1 atom stereocenters. The molecule has 1 aromatic heterocycles. The van der Waals surface area contributed by atoms with E-state index in [1.54, 1.807) is 30.5 Å². The number of amides is 1. The third-order valence-electron chi connectivity index (χ3n) is 2.86. The van der Waals surface area contributed by atoms with Crippen LogP contribution in [0.1, 0.15) is 5.69 Å². The lowest BCUT2D eigenvalue weighted by molar-refractivity contribution is -0.130. The van der Waals surface area contributed by atoms with E-state index < -0.39 is 6.10 Å². The maximum atomic E-state index is 11.9. The fourth-order valence-corrected chi connectivity index (χ4v) is 1.84. The van der Waals surface area contributed by atoms with Gasteiger partial charge in [0, 0.05) is 6.20 Å². The van der Waals surface area contributed by atoms with E-state index in [1.807, 2.05) is 18.2 Å². The summed E-state index contributed by atoms with van der Waals surface area (Å²) < 4.78 is 11.0. The zero-order chi connectivity index (χ0) is 14.5. The number of para-hydroxylation sites is 2. The zero-order valence-corrected chi connectivity index (χ0v) is 11.1. The monoisotopic (exact) mass is 283 g/mol. The smallest absolute Gasteiger partial charge is 0.284 e. The van der Waals surface area contributed by atoms with Crippen molar-refractivity contribution in [2.75, 3.05) is 6.61 Å². The van der Waals surface area contributed by atoms with Crippen molar-refractivity contribution < 1.29 is 14.3 Å². The fourth-order valence-electron chi connectivity index (χ4n) is 1.84. The maximum Gasteiger partial charge on any atom is 0.284 e. The highest BCUT2D eigenvalue weighted by atomic mass is 16.6. The van der Waals surface area contributed by atoms with Crippen molar-refractivity contribution in [3.05, 3.63) is 54.4 Å². The van der Waals surface area contributed by atoms with Gasteiger partial charge in [-0.1, -0.05) is 18.2 Å². The Kier molecular flexibility index (Phi) is 3.77. The quantitative estimate of drug-likeness (QED) is 0.682. The summed E-state index contributed by atoms with van der Waals surface area (Å²) in [5.41, 5.74) is 3.07. The molecular weight excluding hydrogens is 270 g/mol. The lowest BCUT2D eigenvalue weighted by atomic mass is 10.2. The van der Waals surface area contributed by atoms with E-state index in [4.69, 9.17) is 9.47 Å². The van der Waals surface area contributed by atoms with Crippen molar-refractivity contribution in [1.82, 2.24) is 10.4 Å². The number of rotatable bonds is 3. The molecule has 1 unspecified atom stereocenters. The molecule has 0 bridgehead atoms. The molecule has 0 aliphatic carbocycles. The van der Waals surface area contributed by atoms with E-state index in [9.17, 15) is 4.79 Å². The molecule has 1 amide bonds. The molecule has 0 spiro atoms. The number of carbonyl (C=O) groups is 1. The number of nitrogens with one attached hydrogen (secondary N) is 1. The highest BCUT2D eigenvalue weighted by Gasteiger charge is 2.26. The van der Waals surface area contributed by atoms with Crippen LogP contribution in [0.2, 0.25) is 0 Å². The Bertz CT molecular complexity index is 658. The van der Waals surface area contributed by atoms with Crippen LogP contribution >= 0.6 is 0 Å². The van der Waals surface area contributed by atoms with E-state index >= 15 is 0 Å². The number of hydrogen-bond donors (Lipinski definition) is 1. The number of fused-ring (bicyclic) bond motifs is 1. The number of hydrazone groups is 1. The molecule has 21 heavy (non-hydrogen) atoms. The molecule has 0 saturated carbocycles. The predicted octanol–water partition coefficient (Wildman–Crippen LogP) is 1.37. The van der Waals surface area contributed by atoms with E-state index in [-0.39, 0.29) is 12.5 Å². The van der Waals surface area contributed by atoms with Crippen LogP contribution in [0.4, 0.5) is 0 Å². The highest BCUT2D eigenvalue weighted by Crippen LogP contribution is 2.30. The number of aromatic nitrogens is 1. The van der Waals surface area contributed by atoms with Crippen LogP contribution in [-0.4, -0.2) is 29.8 Å². The summed E-state index contributed by atoms with van der Waals surface area (Å²) in [7, 11) is 0. The van der Waals surface area contributed by atoms with Gasteiger partial charge in [0.05, 0.1) is 11.9 Å². The molecule has 1 aromatic carbocycles. The average Bonchev–Trinajstić information content (AvgIpc) is 2.55. The zero-order valence-electron chi connectivity index (χ0n) is 11.1. The van der Waals surface area contributed by atoms with E-state index in [0.29, 0.717) is 17.2 Å². The third kappa shape index (κ3) is 3.17. The number of nitrogens with zero attached hydrogens (tertiary/aromatic N) is 2. The topological polar surface area (TPSA) is 72.8 Å². The van der Waals surface area contributed by atoms with Gasteiger partial charge in [0.25, 0.3) is 5.91 Å². The second kappa shape index (κ2) is 6.04. The number of carbonyl (C=O) groups excluding carboxylic acids is 1. The van der Waals surface area contributed by atoms with Crippen LogP contribution in [0.3, 0.4) is 0 Å². The Balaban J connectivity index is 1.59. The van der Waals surface area contributed by atoms with Crippen molar-refractivity contribution >= 4 is 12.1 Å². The number of pyridine rings is 1. The molecule has 0 fully saturated rings. The molecule has 2 heterocycles. The number of benzene rings is 1. The number of hydrogen-bond acceptors (Lipinski definition) is 5. The van der Waals surface area contributed by atoms with E-state index in [1.165, 1.54) is 6.21 Å². The first kappa shape index (κ1) is 13.1. The minimum absolute atomic E-state index is 0.155. The molecule has 1 N–H and O–H groups in total. The second-order valence-electron chi connectivity index (χ2n) is 4.35.